The number of hydrogen-bond acceptors (Lipinski definition) is 3. The van der Waals surface area contributed by atoms with Crippen LogP contribution in [0.1, 0.15) is 20.8 Å². The molecule has 0 rings (SSSR count). The smallest absolute Gasteiger partial charge is 0.330 e. The van der Waals surface area contributed by atoms with Crippen molar-refractivity contribution in [3.8, 4) is 0 Å². The summed E-state index contributed by atoms with van der Waals surface area (Å²) in [4.78, 5) is 10.9. The summed E-state index contributed by atoms with van der Waals surface area (Å²) in [6, 6.07) is 0. The van der Waals surface area contributed by atoms with Gasteiger partial charge in [-0.15, -0.1) is 0 Å². The zero-order valence-corrected chi connectivity index (χ0v) is 10.0. The predicted molar refractivity (Wildman–Crippen MR) is 59.3 cm³/mol. The number of rotatable bonds is 6. The largest absolute Gasteiger partial charge is 0.463 e. The molecule has 0 aromatic rings. The van der Waals surface area contributed by atoms with Crippen molar-refractivity contribution in [3.05, 3.63) is 12.2 Å². The van der Waals surface area contributed by atoms with Crippen molar-refractivity contribution in [3.63, 3.8) is 0 Å². The molecular weight excluding hydrogens is 199 g/mol. The van der Waals surface area contributed by atoms with Crippen LogP contribution in [0, 0.1) is 0 Å². The van der Waals surface area contributed by atoms with Gasteiger partial charge in [-0.25, -0.2) is 4.79 Å². The van der Waals surface area contributed by atoms with Gasteiger partial charge >= 0.3 is 5.97 Å². The number of esters is 1. The molecule has 0 aliphatic carbocycles. The molecule has 14 heavy (non-hydrogen) atoms. The van der Waals surface area contributed by atoms with Crippen molar-refractivity contribution in [1.29, 1.82) is 0 Å². The molecule has 0 N–H and O–H groups in total. The highest BCUT2D eigenvalue weighted by atomic mass is 31.2. The minimum atomic E-state index is -2.05. The summed E-state index contributed by atoms with van der Waals surface area (Å²) in [6.07, 6.45) is 4.90. The minimum absolute atomic E-state index is 0.355. The monoisotopic (exact) mass is 218 g/mol. The van der Waals surface area contributed by atoms with Crippen LogP contribution in [0.15, 0.2) is 12.2 Å². The molecule has 0 atom stereocenters. The van der Waals surface area contributed by atoms with E-state index >= 15 is 0 Å². The molecule has 0 spiro atoms. The third-order valence-electron chi connectivity index (χ3n) is 2.13. The quantitative estimate of drug-likeness (QED) is 0.391. The lowest BCUT2D eigenvalue weighted by Crippen LogP contribution is -2.00. The number of hydrogen-bond donors (Lipinski definition) is 0. The second-order valence-electron chi connectivity index (χ2n) is 3.03. The van der Waals surface area contributed by atoms with Crippen LogP contribution < -0.4 is 0 Å². The van der Waals surface area contributed by atoms with E-state index in [2.05, 4.69) is 0 Å². The van der Waals surface area contributed by atoms with E-state index in [0.29, 0.717) is 25.1 Å². The summed E-state index contributed by atoms with van der Waals surface area (Å²) < 4.78 is 16.6. The summed E-state index contributed by atoms with van der Waals surface area (Å²) in [6.45, 7) is 5.97. The number of allylic oxidation sites excluding steroid dienone is 1. The zero-order valence-electron chi connectivity index (χ0n) is 9.16. The first-order chi connectivity index (χ1) is 6.58. The van der Waals surface area contributed by atoms with Crippen molar-refractivity contribution < 1.29 is 14.1 Å². The maximum absolute atomic E-state index is 11.9. The predicted octanol–water partition coefficient (Wildman–Crippen LogP) is 2.51. The van der Waals surface area contributed by atoms with Crippen LogP contribution >= 0.6 is 7.14 Å². The van der Waals surface area contributed by atoms with E-state index in [1.807, 2.05) is 13.8 Å². The van der Waals surface area contributed by atoms with Gasteiger partial charge in [0.15, 0.2) is 0 Å². The standard InChI is InChI=1S/C10H19O3P/c1-4-13-10(11)8-7-9-14(12,5-2)6-3/h7-8H,4-6,9H2,1-3H3. The molecule has 3 nitrogen and oxygen atoms in total. The minimum Gasteiger partial charge on any atom is -0.463 e. The Morgan fingerprint density at radius 1 is 1.29 bits per heavy atom. The Labute approximate surface area is 85.9 Å². The van der Waals surface area contributed by atoms with E-state index in [1.54, 1.807) is 13.0 Å². The van der Waals surface area contributed by atoms with Gasteiger partial charge in [-0.05, 0) is 19.2 Å². The molecular formula is C10H19O3P. The van der Waals surface area contributed by atoms with Gasteiger partial charge in [0.05, 0.1) is 13.7 Å². The summed E-state index contributed by atoms with van der Waals surface area (Å²) in [5.74, 6) is -0.355. The lowest BCUT2D eigenvalue weighted by atomic mass is 10.5. The topological polar surface area (TPSA) is 43.4 Å². The highest BCUT2D eigenvalue weighted by Crippen LogP contribution is 2.44. The summed E-state index contributed by atoms with van der Waals surface area (Å²) >= 11 is 0. The fraction of sp³-hybridized carbons (Fsp3) is 0.700. The molecule has 0 amide bonds. The van der Waals surface area contributed by atoms with Crippen molar-refractivity contribution >= 4 is 13.1 Å². The fourth-order valence-corrected chi connectivity index (χ4v) is 2.47. The van der Waals surface area contributed by atoms with Gasteiger partial charge in [-0.1, -0.05) is 19.9 Å². The van der Waals surface area contributed by atoms with Crippen molar-refractivity contribution in [2.75, 3.05) is 25.1 Å². The van der Waals surface area contributed by atoms with Crippen LogP contribution in [0.4, 0.5) is 0 Å². The van der Waals surface area contributed by atoms with Gasteiger partial charge in [0, 0.05) is 12.2 Å². The molecule has 4 heteroatoms. The Hall–Kier alpha value is -0.560. The maximum atomic E-state index is 11.9. The molecule has 0 heterocycles. The molecule has 0 saturated carbocycles. The van der Waals surface area contributed by atoms with Gasteiger partial charge < -0.3 is 9.30 Å². The van der Waals surface area contributed by atoms with Crippen LogP contribution in [0.5, 0.6) is 0 Å². The molecule has 0 aromatic carbocycles. The number of carbonyl (C=O) groups excluding carboxylic acids is 1. The van der Waals surface area contributed by atoms with Gasteiger partial charge in [0.2, 0.25) is 0 Å². The first-order valence-electron chi connectivity index (χ1n) is 4.98. The third kappa shape index (κ3) is 5.23. The highest BCUT2D eigenvalue weighted by molar-refractivity contribution is 7.64. The van der Waals surface area contributed by atoms with E-state index in [-0.39, 0.29) is 5.97 Å². The maximum Gasteiger partial charge on any atom is 0.330 e. The lowest BCUT2D eigenvalue weighted by Gasteiger charge is -2.10. The van der Waals surface area contributed by atoms with Crippen LogP contribution in [-0.4, -0.2) is 31.1 Å². The molecule has 0 saturated heterocycles. The Bertz CT molecular complexity index is 238. The molecule has 0 radical (unpaired) electrons. The molecule has 0 aliphatic rings. The molecule has 0 fully saturated rings. The zero-order chi connectivity index (χ0) is 11.0. The summed E-state index contributed by atoms with van der Waals surface area (Å²) in [7, 11) is -2.05. The number of carbonyl (C=O) groups is 1. The molecule has 0 aromatic heterocycles. The Balaban J connectivity index is 4.03. The fourth-order valence-electron chi connectivity index (χ4n) is 1.01. The van der Waals surface area contributed by atoms with Crippen LogP contribution in [0.2, 0.25) is 0 Å². The molecule has 0 bridgehead atoms. The Morgan fingerprint density at radius 2 is 1.86 bits per heavy atom. The second kappa shape index (κ2) is 6.83. The average Bonchev–Trinajstić information content (AvgIpc) is 2.18. The number of ether oxygens (including phenoxy) is 1. The first kappa shape index (κ1) is 13.4. The molecule has 0 aliphatic heterocycles. The van der Waals surface area contributed by atoms with Gasteiger partial charge in [-0.2, -0.15) is 0 Å². The van der Waals surface area contributed by atoms with Crippen LogP contribution in [-0.2, 0) is 14.1 Å². The average molecular weight is 218 g/mol. The van der Waals surface area contributed by atoms with Gasteiger partial charge in [-0.3, -0.25) is 0 Å². The molecule has 0 unspecified atom stereocenters. The van der Waals surface area contributed by atoms with Crippen molar-refractivity contribution in [2.24, 2.45) is 0 Å². The van der Waals surface area contributed by atoms with Gasteiger partial charge in [0.1, 0.15) is 0 Å². The highest BCUT2D eigenvalue weighted by Gasteiger charge is 2.14. The van der Waals surface area contributed by atoms with E-state index in [1.165, 1.54) is 6.08 Å². The normalized spacial score (nSPS) is 11.9. The first-order valence-corrected chi connectivity index (χ1v) is 7.24. The third-order valence-corrected chi connectivity index (χ3v) is 5.31. The SMILES string of the molecule is CCOC(=O)C=CCP(=O)(CC)CC. The van der Waals surface area contributed by atoms with Crippen molar-refractivity contribution in [1.82, 2.24) is 0 Å². The summed E-state index contributed by atoms with van der Waals surface area (Å²) in [5, 5.41) is 0. The van der Waals surface area contributed by atoms with E-state index in [0.717, 1.165) is 0 Å². The van der Waals surface area contributed by atoms with Crippen molar-refractivity contribution in [2.45, 2.75) is 20.8 Å². The van der Waals surface area contributed by atoms with Crippen LogP contribution in [0.3, 0.4) is 0 Å². The second-order valence-corrected chi connectivity index (χ2v) is 6.77. The lowest BCUT2D eigenvalue weighted by molar-refractivity contribution is -0.137. The van der Waals surface area contributed by atoms with E-state index in [9.17, 15) is 9.36 Å². The Kier molecular flexibility index (Phi) is 6.56. The van der Waals surface area contributed by atoms with E-state index in [4.69, 9.17) is 4.74 Å². The molecule has 82 valence electrons. The van der Waals surface area contributed by atoms with Gasteiger partial charge in [0.25, 0.3) is 0 Å². The Morgan fingerprint density at radius 3 is 2.29 bits per heavy atom. The van der Waals surface area contributed by atoms with Crippen LogP contribution in [0.25, 0.3) is 0 Å². The van der Waals surface area contributed by atoms with E-state index < -0.39 is 7.14 Å². The summed E-state index contributed by atoms with van der Waals surface area (Å²) in [5.41, 5.74) is 0.